The van der Waals surface area contributed by atoms with Gasteiger partial charge in [0.25, 0.3) is 0 Å². The Kier molecular flexibility index (Phi) is 3.23. The molecule has 18 heavy (non-hydrogen) atoms. The molecule has 1 heterocycles. The Morgan fingerprint density at radius 1 is 1.11 bits per heavy atom. The molecule has 1 fully saturated rings. The van der Waals surface area contributed by atoms with Gasteiger partial charge in [-0.3, -0.25) is 0 Å². The van der Waals surface area contributed by atoms with Crippen LogP contribution in [0.15, 0.2) is 30.3 Å². The monoisotopic (exact) mass is 257 g/mol. The first kappa shape index (κ1) is 11.9. The predicted octanol–water partition coefficient (Wildman–Crippen LogP) is 4.28. The molecule has 0 atom stereocenters. The summed E-state index contributed by atoms with van der Waals surface area (Å²) in [6.45, 7) is 5.36. The number of thiophene rings is 1. The Hall–Kier alpha value is -1.12. The Labute approximate surface area is 113 Å². The molecule has 1 aromatic heterocycles. The summed E-state index contributed by atoms with van der Waals surface area (Å²) in [6.07, 6.45) is 2.71. The number of hydrogen-bond acceptors (Lipinski definition) is 2. The normalized spacial score (nSPS) is 15.0. The lowest BCUT2D eigenvalue weighted by molar-refractivity contribution is 0.695. The third-order valence-corrected chi connectivity index (χ3v) is 4.44. The minimum absolute atomic E-state index is 0.789. The average molecular weight is 257 g/mol. The number of hydrogen-bond donors (Lipinski definition) is 1. The molecule has 94 valence electrons. The number of benzene rings is 1. The molecule has 1 aromatic carbocycles. The van der Waals surface area contributed by atoms with Gasteiger partial charge < -0.3 is 5.32 Å². The molecule has 2 heteroatoms. The van der Waals surface area contributed by atoms with Crippen LogP contribution in [0.3, 0.4) is 0 Å². The zero-order valence-corrected chi connectivity index (χ0v) is 11.8. The first-order valence-electron chi connectivity index (χ1n) is 6.61. The van der Waals surface area contributed by atoms with Crippen molar-refractivity contribution in [3.8, 4) is 10.4 Å². The van der Waals surface area contributed by atoms with Gasteiger partial charge in [-0.15, -0.1) is 11.3 Å². The first-order chi connectivity index (χ1) is 8.70. The maximum absolute atomic E-state index is 3.57. The van der Waals surface area contributed by atoms with Crippen LogP contribution >= 0.6 is 11.3 Å². The van der Waals surface area contributed by atoms with Crippen LogP contribution in [-0.2, 0) is 6.54 Å². The highest BCUT2D eigenvalue weighted by atomic mass is 32.1. The van der Waals surface area contributed by atoms with E-state index in [1.54, 1.807) is 0 Å². The molecule has 1 N–H and O–H groups in total. The van der Waals surface area contributed by atoms with Gasteiger partial charge in [-0.25, -0.2) is 0 Å². The number of nitrogens with one attached hydrogen (secondary N) is 1. The molecule has 2 aromatic rings. The summed E-state index contributed by atoms with van der Waals surface area (Å²) in [7, 11) is 0. The highest BCUT2D eigenvalue weighted by Crippen LogP contribution is 2.30. The quantitative estimate of drug-likeness (QED) is 0.862. The Morgan fingerprint density at radius 3 is 2.50 bits per heavy atom. The second-order valence-electron chi connectivity index (χ2n) is 5.30. The van der Waals surface area contributed by atoms with Gasteiger partial charge in [0.15, 0.2) is 0 Å². The minimum atomic E-state index is 0.789. The van der Waals surface area contributed by atoms with Crippen LogP contribution in [0.1, 0.15) is 28.8 Å². The first-order valence-corrected chi connectivity index (χ1v) is 7.43. The van der Waals surface area contributed by atoms with E-state index >= 15 is 0 Å². The van der Waals surface area contributed by atoms with Crippen molar-refractivity contribution in [1.82, 2.24) is 5.32 Å². The van der Waals surface area contributed by atoms with Gasteiger partial charge in [0, 0.05) is 22.3 Å². The lowest BCUT2D eigenvalue weighted by atomic mass is 10.1. The van der Waals surface area contributed by atoms with Crippen LogP contribution in [0.25, 0.3) is 10.4 Å². The highest BCUT2D eigenvalue weighted by molar-refractivity contribution is 7.15. The lowest BCUT2D eigenvalue weighted by Crippen LogP contribution is -2.14. The van der Waals surface area contributed by atoms with Crippen molar-refractivity contribution in [3.05, 3.63) is 46.3 Å². The van der Waals surface area contributed by atoms with E-state index in [1.165, 1.54) is 39.3 Å². The Balaban J connectivity index is 1.78. The summed E-state index contributed by atoms with van der Waals surface area (Å²) in [5, 5.41) is 3.57. The molecule has 1 saturated carbocycles. The number of rotatable bonds is 4. The molecule has 0 unspecified atom stereocenters. The second-order valence-corrected chi connectivity index (χ2v) is 6.47. The minimum Gasteiger partial charge on any atom is -0.309 e. The van der Waals surface area contributed by atoms with E-state index < -0.39 is 0 Å². The molecule has 1 aliphatic carbocycles. The van der Waals surface area contributed by atoms with Crippen LogP contribution in [0.5, 0.6) is 0 Å². The van der Waals surface area contributed by atoms with E-state index in [9.17, 15) is 0 Å². The third-order valence-electron chi connectivity index (χ3n) is 3.31. The Bertz CT molecular complexity index is 532. The molecule has 1 nitrogen and oxygen atoms in total. The molecule has 0 aliphatic heterocycles. The zero-order chi connectivity index (χ0) is 12.5. The zero-order valence-electron chi connectivity index (χ0n) is 11.0. The fourth-order valence-corrected chi connectivity index (χ4v) is 3.22. The summed E-state index contributed by atoms with van der Waals surface area (Å²) in [4.78, 5) is 2.82. The van der Waals surface area contributed by atoms with Crippen LogP contribution < -0.4 is 5.32 Å². The van der Waals surface area contributed by atoms with Crippen molar-refractivity contribution in [3.63, 3.8) is 0 Å². The van der Waals surface area contributed by atoms with Crippen molar-refractivity contribution in [2.75, 3.05) is 0 Å². The summed E-state index contributed by atoms with van der Waals surface area (Å²) < 4.78 is 0. The average Bonchev–Trinajstić information content (AvgIpc) is 3.02. The van der Waals surface area contributed by atoms with E-state index in [1.807, 2.05) is 11.3 Å². The van der Waals surface area contributed by atoms with Crippen molar-refractivity contribution in [2.24, 2.45) is 0 Å². The fourth-order valence-electron chi connectivity index (χ4n) is 2.28. The van der Waals surface area contributed by atoms with Gasteiger partial charge in [0.1, 0.15) is 0 Å². The smallest absolute Gasteiger partial charge is 0.0346 e. The molecular weight excluding hydrogens is 238 g/mol. The second kappa shape index (κ2) is 4.87. The van der Waals surface area contributed by atoms with E-state index in [2.05, 4.69) is 49.5 Å². The maximum atomic E-state index is 3.57. The standard InChI is InChI=1S/C16H19NS/c1-11-7-12(2)9-13(8-11)16-6-5-15(18-16)10-17-14-3-4-14/h5-9,14,17H,3-4,10H2,1-2H3. The van der Waals surface area contributed by atoms with Crippen LogP contribution in [0.2, 0.25) is 0 Å². The van der Waals surface area contributed by atoms with Crippen molar-refractivity contribution in [1.29, 1.82) is 0 Å². The van der Waals surface area contributed by atoms with Gasteiger partial charge in [-0.1, -0.05) is 29.3 Å². The predicted molar refractivity (Wildman–Crippen MR) is 79.1 cm³/mol. The van der Waals surface area contributed by atoms with E-state index in [0.29, 0.717) is 0 Å². The fraction of sp³-hybridized carbons (Fsp3) is 0.375. The van der Waals surface area contributed by atoms with Gasteiger partial charge >= 0.3 is 0 Å². The van der Waals surface area contributed by atoms with Crippen LogP contribution in [-0.4, -0.2) is 6.04 Å². The van der Waals surface area contributed by atoms with Crippen molar-refractivity contribution < 1.29 is 0 Å². The van der Waals surface area contributed by atoms with Gasteiger partial charge in [0.05, 0.1) is 0 Å². The molecule has 3 rings (SSSR count). The summed E-state index contributed by atoms with van der Waals surface area (Å²) in [6, 6.07) is 12.1. The van der Waals surface area contributed by atoms with Crippen molar-refractivity contribution >= 4 is 11.3 Å². The molecule has 0 bridgehead atoms. The highest BCUT2D eigenvalue weighted by Gasteiger charge is 2.20. The summed E-state index contributed by atoms with van der Waals surface area (Å²) in [5.74, 6) is 0. The van der Waals surface area contributed by atoms with Gasteiger partial charge in [-0.05, 0) is 44.4 Å². The van der Waals surface area contributed by atoms with Gasteiger partial charge in [0.2, 0.25) is 0 Å². The van der Waals surface area contributed by atoms with E-state index in [-0.39, 0.29) is 0 Å². The van der Waals surface area contributed by atoms with Crippen LogP contribution in [0, 0.1) is 13.8 Å². The SMILES string of the molecule is Cc1cc(C)cc(-c2ccc(CNC3CC3)s2)c1. The summed E-state index contributed by atoms with van der Waals surface area (Å²) >= 11 is 1.91. The third kappa shape index (κ3) is 2.82. The van der Waals surface area contributed by atoms with Crippen LogP contribution in [0.4, 0.5) is 0 Å². The molecule has 0 spiro atoms. The molecule has 0 saturated heterocycles. The molecule has 1 aliphatic rings. The molecule has 0 radical (unpaired) electrons. The largest absolute Gasteiger partial charge is 0.309 e. The maximum Gasteiger partial charge on any atom is 0.0346 e. The molecule has 0 amide bonds. The summed E-state index contributed by atoms with van der Waals surface area (Å²) in [5.41, 5.74) is 4.04. The van der Waals surface area contributed by atoms with E-state index in [0.717, 1.165) is 12.6 Å². The number of aryl methyl sites for hydroxylation is 2. The molecular formula is C16H19NS. The Morgan fingerprint density at radius 2 is 1.83 bits per heavy atom. The van der Waals surface area contributed by atoms with Gasteiger partial charge in [-0.2, -0.15) is 0 Å². The lowest BCUT2D eigenvalue weighted by Gasteiger charge is -2.02. The van der Waals surface area contributed by atoms with Crippen molar-refractivity contribution in [2.45, 2.75) is 39.3 Å². The topological polar surface area (TPSA) is 12.0 Å². The van der Waals surface area contributed by atoms with E-state index in [4.69, 9.17) is 0 Å².